The summed E-state index contributed by atoms with van der Waals surface area (Å²) in [4.78, 5) is 13.1. The number of nitrogens with zero attached hydrogens (tertiary/aromatic N) is 1. The van der Waals surface area contributed by atoms with Crippen molar-refractivity contribution in [3.8, 4) is 0 Å². The fourth-order valence-electron chi connectivity index (χ4n) is 2.82. The van der Waals surface area contributed by atoms with Crippen LogP contribution in [0.1, 0.15) is 16.8 Å². The first-order valence-corrected chi connectivity index (χ1v) is 9.10. The summed E-state index contributed by atoms with van der Waals surface area (Å²) in [6.45, 7) is 0. The van der Waals surface area contributed by atoms with E-state index in [1.165, 1.54) is 0 Å². The molecule has 3 nitrogen and oxygen atoms in total. The third-order valence-electron chi connectivity index (χ3n) is 4.02. The van der Waals surface area contributed by atoms with Crippen LogP contribution in [0.15, 0.2) is 47.3 Å². The van der Waals surface area contributed by atoms with Gasteiger partial charge in [0, 0.05) is 33.1 Å². The fourth-order valence-corrected chi connectivity index (χ4v) is 3.65. The van der Waals surface area contributed by atoms with Gasteiger partial charge in [-0.25, -0.2) is 0 Å². The Balaban J connectivity index is 2.29. The standard InChI is InChI=1S/C18H14ClIN2OS/c1-22-14-7-6-12(20)9-13(14)17(23)16(18(21)24)15(22)8-10-2-4-11(19)5-3-10/h2-7,9H,8H2,1H3,(H2,21,24). The van der Waals surface area contributed by atoms with Gasteiger partial charge in [-0.05, 0) is 58.5 Å². The van der Waals surface area contributed by atoms with Crippen molar-refractivity contribution in [3.05, 3.63) is 78.1 Å². The van der Waals surface area contributed by atoms with Crippen molar-refractivity contribution in [2.24, 2.45) is 12.8 Å². The normalized spacial score (nSPS) is 11.0. The van der Waals surface area contributed by atoms with Gasteiger partial charge in [-0.15, -0.1) is 0 Å². The number of thiocarbonyl (C=S) groups is 1. The van der Waals surface area contributed by atoms with Gasteiger partial charge in [0.25, 0.3) is 0 Å². The van der Waals surface area contributed by atoms with Crippen LogP contribution in [0.25, 0.3) is 10.9 Å². The second-order valence-corrected chi connectivity index (χ2v) is 7.66. The summed E-state index contributed by atoms with van der Waals surface area (Å²) in [6.07, 6.45) is 0.553. The minimum absolute atomic E-state index is 0.113. The minimum atomic E-state index is -0.113. The topological polar surface area (TPSA) is 48.0 Å². The maximum absolute atomic E-state index is 12.9. The Hall–Kier alpha value is -1.44. The van der Waals surface area contributed by atoms with Crippen molar-refractivity contribution in [2.75, 3.05) is 0 Å². The van der Waals surface area contributed by atoms with Gasteiger partial charge in [-0.3, -0.25) is 4.79 Å². The molecule has 0 amide bonds. The molecule has 0 aliphatic carbocycles. The van der Waals surface area contributed by atoms with Crippen LogP contribution in [0, 0.1) is 3.57 Å². The molecule has 2 aromatic carbocycles. The summed E-state index contributed by atoms with van der Waals surface area (Å²) in [7, 11) is 1.93. The lowest BCUT2D eigenvalue weighted by Crippen LogP contribution is -2.27. The van der Waals surface area contributed by atoms with E-state index in [2.05, 4.69) is 22.6 Å². The first-order valence-electron chi connectivity index (χ1n) is 7.24. The van der Waals surface area contributed by atoms with Crippen LogP contribution in [-0.2, 0) is 13.5 Å². The van der Waals surface area contributed by atoms with Crippen molar-refractivity contribution < 1.29 is 0 Å². The maximum atomic E-state index is 12.9. The molecule has 0 bridgehead atoms. The van der Waals surface area contributed by atoms with E-state index in [1.54, 1.807) is 0 Å². The summed E-state index contributed by atoms with van der Waals surface area (Å²) in [5.41, 5.74) is 8.90. The first kappa shape index (κ1) is 17.4. The van der Waals surface area contributed by atoms with Gasteiger partial charge in [0.15, 0.2) is 5.43 Å². The molecule has 2 N–H and O–H groups in total. The van der Waals surface area contributed by atoms with Crippen molar-refractivity contribution in [2.45, 2.75) is 6.42 Å². The van der Waals surface area contributed by atoms with Crippen molar-refractivity contribution in [3.63, 3.8) is 0 Å². The Bertz CT molecular complexity index is 1010. The molecule has 0 spiro atoms. The predicted octanol–water partition coefficient (Wildman–Crippen LogP) is 4.02. The largest absolute Gasteiger partial charge is 0.389 e. The van der Waals surface area contributed by atoms with E-state index in [4.69, 9.17) is 29.6 Å². The van der Waals surface area contributed by atoms with Gasteiger partial charge in [-0.1, -0.05) is 36.0 Å². The molecule has 0 radical (unpaired) electrons. The Morgan fingerprint density at radius 2 is 1.92 bits per heavy atom. The van der Waals surface area contributed by atoms with Gasteiger partial charge in [-0.2, -0.15) is 0 Å². The first-order chi connectivity index (χ1) is 11.4. The highest BCUT2D eigenvalue weighted by molar-refractivity contribution is 14.1. The highest BCUT2D eigenvalue weighted by atomic mass is 127. The summed E-state index contributed by atoms with van der Waals surface area (Å²) in [6, 6.07) is 13.3. The maximum Gasteiger partial charge on any atom is 0.199 e. The van der Waals surface area contributed by atoms with Crippen molar-refractivity contribution in [1.82, 2.24) is 4.57 Å². The quantitative estimate of drug-likeness (QED) is 0.466. The van der Waals surface area contributed by atoms with E-state index in [-0.39, 0.29) is 10.4 Å². The van der Waals surface area contributed by atoms with Gasteiger partial charge >= 0.3 is 0 Å². The fraction of sp³-hybridized carbons (Fsp3) is 0.111. The number of hydrogen-bond donors (Lipinski definition) is 1. The third-order valence-corrected chi connectivity index (χ3v) is 5.14. The van der Waals surface area contributed by atoms with Crippen LogP contribution < -0.4 is 11.2 Å². The van der Waals surface area contributed by atoms with Crippen LogP contribution in [0.3, 0.4) is 0 Å². The van der Waals surface area contributed by atoms with Gasteiger partial charge in [0.2, 0.25) is 0 Å². The lowest BCUT2D eigenvalue weighted by molar-refractivity contribution is 0.858. The zero-order chi connectivity index (χ0) is 17.4. The monoisotopic (exact) mass is 468 g/mol. The second-order valence-electron chi connectivity index (χ2n) is 5.54. The molecular formula is C18H14ClIN2OS. The van der Waals surface area contributed by atoms with Crippen LogP contribution in [0.5, 0.6) is 0 Å². The number of hydrogen-bond acceptors (Lipinski definition) is 2. The number of aryl methyl sites for hydroxylation is 1. The lowest BCUT2D eigenvalue weighted by atomic mass is 10.0. The number of benzene rings is 2. The Morgan fingerprint density at radius 3 is 2.54 bits per heavy atom. The van der Waals surface area contributed by atoms with Gasteiger partial charge in [0.1, 0.15) is 4.99 Å². The highest BCUT2D eigenvalue weighted by Gasteiger charge is 2.17. The summed E-state index contributed by atoms with van der Waals surface area (Å²) < 4.78 is 2.99. The van der Waals surface area contributed by atoms with Crippen LogP contribution >= 0.6 is 46.4 Å². The van der Waals surface area contributed by atoms with E-state index in [0.29, 0.717) is 22.4 Å². The number of fused-ring (bicyclic) bond motifs is 1. The van der Waals surface area contributed by atoms with Crippen LogP contribution in [0.2, 0.25) is 5.02 Å². The number of nitrogens with two attached hydrogens (primary N) is 1. The Labute approximate surface area is 163 Å². The van der Waals surface area contributed by atoms with E-state index in [0.717, 1.165) is 20.3 Å². The molecule has 0 atom stereocenters. The number of aromatic nitrogens is 1. The van der Waals surface area contributed by atoms with E-state index < -0.39 is 0 Å². The van der Waals surface area contributed by atoms with Crippen LogP contribution in [-0.4, -0.2) is 9.56 Å². The molecule has 6 heteroatoms. The molecule has 0 aliphatic rings. The zero-order valence-corrected chi connectivity index (χ0v) is 16.6. The Kier molecular flexibility index (Phi) is 4.94. The average Bonchev–Trinajstić information content (AvgIpc) is 2.54. The molecule has 0 saturated carbocycles. The average molecular weight is 469 g/mol. The highest BCUT2D eigenvalue weighted by Crippen LogP contribution is 2.21. The lowest BCUT2D eigenvalue weighted by Gasteiger charge is -2.17. The smallest absolute Gasteiger partial charge is 0.199 e. The summed E-state index contributed by atoms with van der Waals surface area (Å²) in [5.74, 6) is 0. The molecule has 3 aromatic rings. The minimum Gasteiger partial charge on any atom is -0.389 e. The summed E-state index contributed by atoms with van der Waals surface area (Å²) >= 11 is 13.3. The molecule has 1 aromatic heterocycles. The summed E-state index contributed by atoms with van der Waals surface area (Å²) in [5, 5.41) is 1.31. The number of rotatable bonds is 3. The second kappa shape index (κ2) is 6.82. The van der Waals surface area contributed by atoms with E-state index in [1.807, 2.05) is 54.1 Å². The molecule has 0 saturated heterocycles. The number of halogens is 2. The van der Waals surface area contributed by atoms with Gasteiger partial charge < -0.3 is 10.3 Å². The molecule has 0 unspecified atom stereocenters. The zero-order valence-electron chi connectivity index (χ0n) is 12.8. The van der Waals surface area contributed by atoms with E-state index >= 15 is 0 Å². The molecule has 0 aliphatic heterocycles. The number of pyridine rings is 1. The van der Waals surface area contributed by atoms with Crippen LogP contribution in [0.4, 0.5) is 0 Å². The molecule has 24 heavy (non-hydrogen) atoms. The van der Waals surface area contributed by atoms with E-state index in [9.17, 15) is 4.79 Å². The van der Waals surface area contributed by atoms with Gasteiger partial charge in [0.05, 0.1) is 11.1 Å². The molecule has 1 heterocycles. The van der Waals surface area contributed by atoms with Crippen molar-refractivity contribution >= 4 is 62.3 Å². The molecular weight excluding hydrogens is 455 g/mol. The van der Waals surface area contributed by atoms with Crippen molar-refractivity contribution in [1.29, 1.82) is 0 Å². The third kappa shape index (κ3) is 3.20. The molecule has 122 valence electrons. The SMILES string of the molecule is Cn1c(Cc2ccc(Cl)cc2)c(C(N)=S)c(=O)c2cc(I)ccc21. The predicted molar refractivity (Wildman–Crippen MR) is 112 cm³/mol. The molecule has 0 fully saturated rings. The molecule has 3 rings (SSSR count). The Morgan fingerprint density at radius 1 is 1.25 bits per heavy atom.